The molecule has 0 aromatic heterocycles. The van der Waals surface area contributed by atoms with E-state index in [4.69, 9.17) is 0 Å². The summed E-state index contributed by atoms with van der Waals surface area (Å²) in [4.78, 5) is 0. The highest BCUT2D eigenvalue weighted by Crippen LogP contribution is 2.27. The lowest BCUT2D eigenvalue weighted by Gasteiger charge is -2.20. The van der Waals surface area contributed by atoms with Crippen molar-refractivity contribution in [3.63, 3.8) is 0 Å². The first-order valence-corrected chi connectivity index (χ1v) is 7.13. The van der Waals surface area contributed by atoms with Crippen molar-refractivity contribution in [1.29, 1.82) is 0 Å². The lowest BCUT2D eigenvalue weighted by Crippen LogP contribution is -2.31. The van der Waals surface area contributed by atoms with E-state index in [-0.39, 0.29) is 5.82 Å². The van der Waals surface area contributed by atoms with Crippen LogP contribution < -0.4 is 5.32 Å². The fraction of sp³-hybridized carbons (Fsp3) is 0.571. The molecule has 0 amide bonds. The molecule has 1 unspecified atom stereocenters. The van der Waals surface area contributed by atoms with E-state index in [1.165, 1.54) is 25.7 Å². The number of halogens is 2. The summed E-state index contributed by atoms with van der Waals surface area (Å²) in [5, 5.41) is 3.51. The summed E-state index contributed by atoms with van der Waals surface area (Å²) < 4.78 is 13.9. The summed E-state index contributed by atoms with van der Waals surface area (Å²) in [5.41, 5.74) is 1.01. The summed E-state index contributed by atoms with van der Waals surface area (Å²) >= 11 is 3.17. The SMILES string of the molecule is CC(NCc1ccc(Br)c(F)c1)C1CCCC1. The normalized spacial score (nSPS) is 18.5. The molecule has 1 aliphatic carbocycles. The first-order valence-electron chi connectivity index (χ1n) is 6.34. The third-order valence-electron chi connectivity index (χ3n) is 3.72. The maximum atomic E-state index is 13.3. The molecule has 1 N–H and O–H groups in total. The topological polar surface area (TPSA) is 12.0 Å². The van der Waals surface area contributed by atoms with Gasteiger partial charge in [-0.2, -0.15) is 0 Å². The van der Waals surface area contributed by atoms with Gasteiger partial charge in [-0.15, -0.1) is 0 Å². The van der Waals surface area contributed by atoms with Crippen LogP contribution in [0.5, 0.6) is 0 Å². The first kappa shape index (κ1) is 13.0. The number of rotatable bonds is 4. The second-order valence-electron chi connectivity index (χ2n) is 4.96. The maximum Gasteiger partial charge on any atom is 0.137 e. The Labute approximate surface area is 111 Å². The first-order chi connectivity index (χ1) is 8.16. The largest absolute Gasteiger partial charge is 0.310 e. The van der Waals surface area contributed by atoms with Crippen molar-refractivity contribution < 1.29 is 4.39 Å². The van der Waals surface area contributed by atoms with E-state index in [0.717, 1.165) is 18.0 Å². The van der Waals surface area contributed by atoms with Crippen LogP contribution in [0.25, 0.3) is 0 Å². The Morgan fingerprint density at radius 1 is 1.41 bits per heavy atom. The maximum absolute atomic E-state index is 13.3. The van der Waals surface area contributed by atoms with Crippen molar-refractivity contribution in [3.05, 3.63) is 34.1 Å². The second-order valence-corrected chi connectivity index (χ2v) is 5.82. The van der Waals surface area contributed by atoms with Crippen LogP contribution in [0, 0.1) is 11.7 Å². The zero-order valence-electron chi connectivity index (χ0n) is 10.2. The lowest BCUT2D eigenvalue weighted by molar-refractivity contribution is 0.380. The van der Waals surface area contributed by atoms with Gasteiger partial charge in [0.15, 0.2) is 0 Å². The fourth-order valence-electron chi connectivity index (χ4n) is 2.55. The minimum atomic E-state index is -0.183. The van der Waals surface area contributed by atoms with Crippen molar-refractivity contribution >= 4 is 15.9 Å². The van der Waals surface area contributed by atoms with Crippen LogP contribution in [0.3, 0.4) is 0 Å². The van der Waals surface area contributed by atoms with Crippen LogP contribution >= 0.6 is 15.9 Å². The third-order valence-corrected chi connectivity index (χ3v) is 4.36. The van der Waals surface area contributed by atoms with Gasteiger partial charge in [-0.1, -0.05) is 18.9 Å². The molecule has 0 aliphatic heterocycles. The third kappa shape index (κ3) is 3.52. The van der Waals surface area contributed by atoms with Crippen molar-refractivity contribution in [2.45, 2.75) is 45.2 Å². The van der Waals surface area contributed by atoms with E-state index >= 15 is 0 Å². The molecule has 1 nitrogen and oxygen atoms in total. The molecule has 94 valence electrons. The average molecular weight is 300 g/mol. The van der Waals surface area contributed by atoms with Crippen LogP contribution in [0.2, 0.25) is 0 Å². The Balaban J connectivity index is 1.86. The number of benzene rings is 1. The highest BCUT2D eigenvalue weighted by molar-refractivity contribution is 9.10. The van der Waals surface area contributed by atoms with Crippen molar-refractivity contribution in [3.8, 4) is 0 Å². The molecule has 1 aromatic carbocycles. The van der Waals surface area contributed by atoms with Gasteiger partial charge in [-0.25, -0.2) is 4.39 Å². The van der Waals surface area contributed by atoms with Crippen molar-refractivity contribution in [1.82, 2.24) is 5.32 Å². The molecule has 1 aromatic rings. The van der Waals surface area contributed by atoms with E-state index in [1.807, 2.05) is 6.07 Å². The molecule has 3 heteroatoms. The van der Waals surface area contributed by atoms with Gasteiger partial charge in [0.2, 0.25) is 0 Å². The van der Waals surface area contributed by atoms with Crippen LogP contribution in [0.15, 0.2) is 22.7 Å². The number of hydrogen-bond donors (Lipinski definition) is 1. The summed E-state index contributed by atoms with van der Waals surface area (Å²) in [7, 11) is 0. The van der Waals surface area contributed by atoms with Gasteiger partial charge < -0.3 is 5.32 Å². The van der Waals surface area contributed by atoms with Gasteiger partial charge in [-0.3, -0.25) is 0 Å². The molecule has 17 heavy (non-hydrogen) atoms. The van der Waals surface area contributed by atoms with Gasteiger partial charge in [0.1, 0.15) is 5.82 Å². The molecule has 0 radical (unpaired) electrons. The fourth-order valence-corrected chi connectivity index (χ4v) is 2.80. The van der Waals surface area contributed by atoms with E-state index < -0.39 is 0 Å². The van der Waals surface area contributed by atoms with Gasteiger partial charge in [0.25, 0.3) is 0 Å². The van der Waals surface area contributed by atoms with Crippen molar-refractivity contribution in [2.24, 2.45) is 5.92 Å². The van der Waals surface area contributed by atoms with E-state index in [0.29, 0.717) is 10.5 Å². The van der Waals surface area contributed by atoms with Crippen LogP contribution in [-0.2, 0) is 6.54 Å². The molecule has 0 spiro atoms. The molecule has 0 saturated heterocycles. The van der Waals surface area contributed by atoms with E-state index in [1.54, 1.807) is 12.1 Å². The number of nitrogens with one attached hydrogen (secondary N) is 1. The van der Waals surface area contributed by atoms with Gasteiger partial charge in [-0.05, 0) is 59.3 Å². The molecule has 2 rings (SSSR count). The van der Waals surface area contributed by atoms with Crippen LogP contribution in [0.4, 0.5) is 4.39 Å². The summed E-state index contributed by atoms with van der Waals surface area (Å²) in [6.45, 7) is 2.99. The zero-order chi connectivity index (χ0) is 12.3. The van der Waals surface area contributed by atoms with Gasteiger partial charge in [0.05, 0.1) is 4.47 Å². The van der Waals surface area contributed by atoms with E-state index in [2.05, 4.69) is 28.2 Å². The predicted octanol–water partition coefficient (Wildman–Crippen LogP) is 4.26. The molecule has 0 bridgehead atoms. The molecule has 1 fully saturated rings. The predicted molar refractivity (Wildman–Crippen MR) is 72.4 cm³/mol. The smallest absolute Gasteiger partial charge is 0.137 e. The Morgan fingerprint density at radius 3 is 2.76 bits per heavy atom. The van der Waals surface area contributed by atoms with E-state index in [9.17, 15) is 4.39 Å². The average Bonchev–Trinajstić information content (AvgIpc) is 2.84. The lowest BCUT2D eigenvalue weighted by atomic mass is 9.99. The molecule has 1 atom stereocenters. The van der Waals surface area contributed by atoms with Crippen LogP contribution in [-0.4, -0.2) is 6.04 Å². The Hall–Kier alpha value is -0.410. The molecule has 1 saturated carbocycles. The highest BCUT2D eigenvalue weighted by Gasteiger charge is 2.20. The Kier molecular flexibility index (Phi) is 4.57. The van der Waals surface area contributed by atoms with Gasteiger partial charge >= 0.3 is 0 Å². The minimum absolute atomic E-state index is 0.183. The molecule has 1 aliphatic rings. The Bertz CT molecular complexity index is 374. The molecular formula is C14H19BrFN. The highest BCUT2D eigenvalue weighted by atomic mass is 79.9. The Morgan fingerprint density at radius 2 is 2.12 bits per heavy atom. The van der Waals surface area contributed by atoms with Crippen LogP contribution in [0.1, 0.15) is 38.2 Å². The molecule has 0 heterocycles. The summed E-state index contributed by atoms with van der Waals surface area (Å²) in [6.07, 6.45) is 5.40. The minimum Gasteiger partial charge on any atom is -0.310 e. The summed E-state index contributed by atoms with van der Waals surface area (Å²) in [6, 6.07) is 5.86. The molecular weight excluding hydrogens is 281 g/mol. The zero-order valence-corrected chi connectivity index (χ0v) is 11.8. The number of hydrogen-bond acceptors (Lipinski definition) is 1. The summed E-state index contributed by atoms with van der Waals surface area (Å²) in [5.74, 6) is 0.619. The standard InChI is InChI=1S/C14H19BrFN/c1-10(12-4-2-3-5-12)17-9-11-6-7-13(15)14(16)8-11/h6-8,10,12,17H,2-5,9H2,1H3. The second kappa shape index (κ2) is 5.96. The van der Waals surface area contributed by atoms with Crippen molar-refractivity contribution in [2.75, 3.05) is 0 Å². The van der Waals surface area contributed by atoms with Gasteiger partial charge in [0, 0.05) is 12.6 Å². The monoisotopic (exact) mass is 299 g/mol. The quantitative estimate of drug-likeness (QED) is 0.876.